The molecule has 0 N–H and O–H groups in total. The molecular weight excluding hydrogens is 571 g/mol. The van der Waals surface area contributed by atoms with E-state index in [1.54, 1.807) is 0 Å². The fraction of sp³-hybridized carbons (Fsp3) is 0.500. The van der Waals surface area contributed by atoms with E-state index in [1.165, 1.54) is 59.1 Å². The van der Waals surface area contributed by atoms with E-state index in [0.717, 1.165) is 0 Å². The van der Waals surface area contributed by atoms with Crippen LogP contribution in [-0.4, -0.2) is 4.21 Å². The van der Waals surface area contributed by atoms with Gasteiger partial charge in [-0.3, -0.25) is 0 Å². The first-order chi connectivity index (χ1) is 17.0. The summed E-state index contributed by atoms with van der Waals surface area (Å²) in [6.45, 7) is 16.1. The Morgan fingerprint density at radius 1 is 0.784 bits per heavy atom. The van der Waals surface area contributed by atoms with Crippen LogP contribution >= 0.6 is 17.0 Å². The minimum absolute atomic E-state index is 0.0134. The number of halogens is 2. The Labute approximate surface area is 230 Å². The molecular formula is C34H45Cl2Zr. The number of fused-ring (bicyclic) bond motifs is 3. The Bertz CT molecular complexity index is 1320. The monoisotopic (exact) mass is 613 g/mol. The molecule has 0 aliphatic heterocycles. The zero-order chi connectivity index (χ0) is 27.1. The molecule has 37 heavy (non-hydrogen) atoms. The van der Waals surface area contributed by atoms with Gasteiger partial charge in [-0.05, 0) is 0 Å². The van der Waals surface area contributed by atoms with Crippen molar-refractivity contribution < 1.29 is 14.4 Å². The third-order valence-corrected chi connectivity index (χ3v) is 37.6. The van der Waals surface area contributed by atoms with Crippen LogP contribution in [0, 0.1) is 5.92 Å². The summed E-state index contributed by atoms with van der Waals surface area (Å²) in [6.07, 6.45) is 13.8. The first-order valence-corrected chi connectivity index (χ1v) is 26.6. The molecule has 0 heterocycles. The van der Waals surface area contributed by atoms with Gasteiger partial charge in [0.1, 0.15) is 0 Å². The number of hydrogen-bond acceptors (Lipinski definition) is 0. The molecule has 2 aromatic rings. The van der Waals surface area contributed by atoms with E-state index in [-0.39, 0.29) is 21.7 Å². The second-order valence-corrected chi connectivity index (χ2v) is 44.7. The number of rotatable bonds is 4. The van der Waals surface area contributed by atoms with Crippen molar-refractivity contribution in [2.45, 2.75) is 95.9 Å². The molecule has 0 radical (unpaired) electrons. The fourth-order valence-corrected chi connectivity index (χ4v) is 30.2. The van der Waals surface area contributed by atoms with Crippen LogP contribution in [0.5, 0.6) is 0 Å². The summed E-state index contributed by atoms with van der Waals surface area (Å²) < 4.78 is 5.34. The molecule has 1 atom stereocenters. The molecule has 0 saturated heterocycles. The van der Waals surface area contributed by atoms with Crippen molar-refractivity contribution in [3.8, 4) is 11.1 Å². The van der Waals surface area contributed by atoms with Crippen LogP contribution in [0.15, 0.2) is 60.7 Å². The van der Waals surface area contributed by atoms with Crippen LogP contribution in [0.4, 0.5) is 0 Å². The van der Waals surface area contributed by atoms with Gasteiger partial charge in [0.25, 0.3) is 0 Å². The molecule has 3 aliphatic carbocycles. The van der Waals surface area contributed by atoms with Gasteiger partial charge in [0, 0.05) is 0 Å². The van der Waals surface area contributed by atoms with Gasteiger partial charge in [0.05, 0.1) is 0 Å². The van der Waals surface area contributed by atoms with Gasteiger partial charge >= 0.3 is 232 Å². The topological polar surface area (TPSA) is 0 Å². The van der Waals surface area contributed by atoms with E-state index in [2.05, 4.69) is 109 Å². The molecule has 3 aliphatic rings. The molecule has 1 fully saturated rings. The van der Waals surface area contributed by atoms with E-state index in [9.17, 15) is 0 Å². The number of hydrogen-bond donors (Lipinski definition) is 0. The van der Waals surface area contributed by atoms with Crippen LogP contribution in [-0.2, 0) is 25.3 Å². The van der Waals surface area contributed by atoms with Crippen molar-refractivity contribution in [1.29, 1.82) is 0 Å². The normalized spacial score (nSPS) is 21.6. The molecule has 0 bridgehead atoms. The standard InChI is InChI=1S/C21H25.C7H13.C5H5.CH2.2ClH.Zr/c1-20(2,3)16-7-9-18-14(12-16)11-15-13-17(21(4,5)6)8-10-19(15)18;1-2-7-5-3-4-6-7;1-2-4-5-3-1;;;;/h7-13H,1-6H3;2,7H,3-6H2,1H3;1-5H;1H2;2*1H;/q;;;;;;+2/p-2. The Hall–Kier alpha value is -0.747. The summed E-state index contributed by atoms with van der Waals surface area (Å²) in [6, 6.07) is 14.1. The van der Waals surface area contributed by atoms with Crippen LogP contribution in [0.25, 0.3) is 11.1 Å². The maximum atomic E-state index is 8.54. The van der Waals surface area contributed by atoms with E-state index in [1.807, 2.05) is 0 Å². The second kappa shape index (κ2) is 8.38. The third kappa shape index (κ3) is 4.12. The van der Waals surface area contributed by atoms with E-state index >= 15 is 0 Å². The summed E-state index contributed by atoms with van der Waals surface area (Å²) in [5.41, 5.74) is 7.94. The summed E-state index contributed by atoms with van der Waals surface area (Å²) in [5.74, 6) is 0.524. The molecule has 199 valence electrons. The summed E-state index contributed by atoms with van der Waals surface area (Å²) in [7, 11) is 17.1. The SMILES string of the molecule is [CH2]=[Zr]([Cl])([Cl])([CH]1C=CC=C1)([CH]1c2cc(C(C)(C)C)ccc2-c2ccc(C(C)(C)C)cc21)[CH](C)C1CCCC1. The average molecular weight is 616 g/mol. The quantitative estimate of drug-likeness (QED) is 0.321. The van der Waals surface area contributed by atoms with Gasteiger partial charge < -0.3 is 0 Å². The predicted molar refractivity (Wildman–Crippen MR) is 163 cm³/mol. The Morgan fingerprint density at radius 2 is 1.22 bits per heavy atom. The van der Waals surface area contributed by atoms with E-state index < -0.39 is 14.4 Å². The predicted octanol–water partition coefficient (Wildman–Crippen LogP) is 11.2. The average Bonchev–Trinajstić information content (AvgIpc) is 3.57. The Morgan fingerprint density at radius 3 is 1.62 bits per heavy atom. The van der Waals surface area contributed by atoms with Crippen molar-refractivity contribution >= 4 is 21.2 Å². The molecule has 0 amide bonds. The maximum absolute atomic E-state index is 8.54. The molecule has 0 spiro atoms. The van der Waals surface area contributed by atoms with Gasteiger partial charge in [0.2, 0.25) is 0 Å². The molecule has 2 aromatic carbocycles. The van der Waals surface area contributed by atoms with Crippen molar-refractivity contribution in [2.75, 3.05) is 0 Å². The van der Waals surface area contributed by atoms with Crippen molar-refractivity contribution in [3.63, 3.8) is 0 Å². The van der Waals surface area contributed by atoms with Gasteiger partial charge in [-0.1, -0.05) is 0 Å². The van der Waals surface area contributed by atoms with Crippen LogP contribution in [0.3, 0.4) is 0 Å². The Balaban J connectivity index is 1.89. The van der Waals surface area contributed by atoms with E-state index in [0.29, 0.717) is 5.92 Å². The van der Waals surface area contributed by atoms with Crippen LogP contribution in [0.2, 0.25) is 7.25 Å². The number of allylic oxidation sites excluding steroid dienone is 4. The molecule has 0 nitrogen and oxygen atoms in total. The third-order valence-electron chi connectivity index (χ3n) is 10.4. The van der Waals surface area contributed by atoms with E-state index in [4.69, 9.17) is 21.2 Å². The minimum atomic E-state index is -5.59. The summed E-state index contributed by atoms with van der Waals surface area (Å²) >= 11 is -5.59. The first kappa shape index (κ1) is 27.8. The molecule has 3 heteroatoms. The molecule has 5 rings (SSSR count). The van der Waals surface area contributed by atoms with Gasteiger partial charge in [0.15, 0.2) is 0 Å². The second-order valence-electron chi connectivity index (χ2n) is 14.8. The number of benzene rings is 2. The Kier molecular flexibility index (Phi) is 6.30. The van der Waals surface area contributed by atoms with Crippen molar-refractivity contribution in [2.24, 2.45) is 5.92 Å². The summed E-state index contributed by atoms with van der Waals surface area (Å²) in [4.78, 5) is 0. The molecule has 1 unspecified atom stereocenters. The summed E-state index contributed by atoms with van der Waals surface area (Å²) in [5, 5.41) is 0. The fourth-order valence-electron chi connectivity index (χ4n) is 7.78. The molecule has 0 aromatic heterocycles. The van der Waals surface area contributed by atoms with Gasteiger partial charge in [-0.15, -0.1) is 0 Å². The van der Waals surface area contributed by atoms with Crippen LogP contribution in [0.1, 0.15) is 100 Å². The molecule has 1 saturated carbocycles. The van der Waals surface area contributed by atoms with Crippen molar-refractivity contribution in [3.05, 3.63) is 83.0 Å². The first-order valence-electron chi connectivity index (χ1n) is 14.3. The van der Waals surface area contributed by atoms with Gasteiger partial charge in [-0.2, -0.15) is 0 Å². The van der Waals surface area contributed by atoms with Crippen molar-refractivity contribution in [1.82, 2.24) is 0 Å². The zero-order valence-electron chi connectivity index (χ0n) is 23.9. The van der Waals surface area contributed by atoms with Crippen LogP contribution < -0.4 is 0 Å². The van der Waals surface area contributed by atoms with Gasteiger partial charge in [-0.25, -0.2) is 0 Å². The zero-order valence-corrected chi connectivity index (χ0v) is 27.8.